The van der Waals surface area contributed by atoms with Crippen molar-refractivity contribution in [3.8, 4) is 0 Å². The van der Waals surface area contributed by atoms with Gasteiger partial charge in [-0.2, -0.15) is 0 Å². The predicted octanol–water partition coefficient (Wildman–Crippen LogP) is -1.06. The molecule has 0 aromatic heterocycles. The first kappa shape index (κ1) is 11.7. The summed E-state index contributed by atoms with van der Waals surface area (Å²) in [7, 11) is 1.53. The number of methoxy groups -OCH3 is 1. The number of hydrogen-bond acceptors (Lipinski definition) is 5. The molecule has 2 saturated heterocycles. The number of carbonyl (C=O) groups is 2. The highest BCUT2D eigenvalue weighted by Gasteiger charge is 2.55. The molecule has 7 heteroatoms. The lowest BCUT2D eigenvalue weighted by Crippen LogP contribution is -2.74. The van der Waals surface area contributed by atoms with Gasteiger partial charge >= 0.3 is 5.97 Å². The molecular weight excluding hydrogens is 232 g/mol. The Labute approximate surface area is 97.1 Å². The first-order chi connectivity index (χ1) is 7.57. The van der Waals surface area contributed by atoms with E-state index in [1.165, 1.54) is 23.8 Å². The molecule has 90 valence electrons. The van der Waals surface area contributed by atoms with Gasteiger partial charge in [0.15, 0.2) is 0 Å². The largest absolute Gasteiger partial charge is 0.480 e. The third-order valence-corrected chi connectivity index (χ3v) is 4.46. The van der Waals surface area contributed by atoms with Crippen LogP contribution in [0.15, 0.2) is 0 Å². The van der Waals surface area contributed by atoms with E-state index in [0.29, 0.717) is 12.4 Å². The number of nitrogens with zero attached hydrogens (tertiary/aromatic N) is 1. The van der Waals surface area contributed by atoms with Crippen LogP contribution in [0.25, 0.3) is 0 Å². The molecule has 2 aliphatic heterocycles. The van der Waals surface area contributed by atoms with Crippen molar-refractivity contribution in [2.75, 3.05) is 19.5 Å². The molecule has 3 N–H and O–H groups in total. The van der Waals surface area contributed by atoms with E-state index >= 15 is 0 Å². The van der Waals surface area contributed by atoms with Crippen LogP contribution >= 0.6 is 11.8 Å². The van der Waals surface area contributed by atoms with Gasteiger partial charge in [-0.15, -0.1) is 11.8 Å². The molecule has 0 aromatic rings. The Morgan fingerprint density at radius 1 is 1.75 bits per heavy atom. The second-order valence-corrected chi connectivity index (χ2v) is 5.14. The molecule has 0 aliphatic carbocycles. The van der Waals surface area contributed by atoms with Crippen LogP contribution < -0.4 is 5.73 Å². The van der Waals surface area contributed by atoms with Gasteiger partial charge in [0.25, 0.3) is 0 Å². The minimum absolute atomic E-state index is 0.166. The van der Waals surface area contributed by atoms with Crippen molar-refractivity contribution >= 4 is 23.6 Å². The molecular formula is C9H14N2O4S. The number of carboxylic acid groups (broad SMARTS) is 1. The van der Waals surface area contributed by atoms with Crippen molar-refractivity contribution in [2.45, 2.75) is 17.5 Å². The zero-order chi connectivity index (χ0) is 11.9. The van der Waals surface area contributed by atoms with Crippen molar-refractivity contribution in [1.29, 1.82) is 0 Å². The van der Waals surface area contributed by atoms with Gasteiger partial charge in [-0.25, -0.2) is 4.79 Å². The smallest absolute Gasteiger partial charge is 0.326 e. The second kappa shape index (κ2) is 4.23. The average molecular weight is 246 g/mol. The van der Waals surface area contributed by atoms with Crippen LogP contribution in [0.4, 0.5) is 0 Å². The summed E-state index contributed by atoms with van der Waals surface area (Å²) in [4.78, 5) is 24.1. The van der Waals surface area contributed by atoms with E-state index in [-0.39, 0.29) is 17.2 Å². The number of carboxylic acids is 1. The Bertz CT molecular complexity index is 325. The second-order valence-electron chi connectivity index (χ2n) is 3.99. The highest BCUT2D eigenvalue weighted by Crippen LogP contribution is 2.39. The fraction of sp³-hybridized carbons (Fsp3) is 0.778. The number of nitrogens with two attached hydrogens (primary N) is 1. The minimum atomic E-state index is -0.979. The standard InChI is InChI=1S/C9H14N2O4S/c1-15-2-4-3-16-8-5(10)7(12)11(8)6(4)9(13)14/h4-6,8H,2-3,10H2,1H3,(H,13,14). The zero-order valence-electron chi connectivity index (χ0n) is 8.83. The molecule has 2 rings (SSSR count). The Morgan fingerprint density at radius 3 is 3.00 bits per heavy atom. The molecule has 0 saturated carbocycles. The lowest BCUT2D eigenvalue weighted by molar-refractivity contribution is -0.164. The Balaban J connectivity index is 2.17. The normalized spacial score (nSPS) is 37.9. The Morgan fingerprint density at radius 2 is 2.44 bits per heavy atom. The quantitative estimate of drug-likeness (QED) is 0.617. The Hall–Kier alpha value is -0.790. The molecule has 0 radical (unpaired) electrons. The molecule has 2 aliphatic rings. The van der Waals surface area contributed by atoms with Crippen LogP contribution in [0, 0.1) is 5.92 Å². The van der Waals surface area contributed by atoms with E-state index in [1.807, 2.05) is 0 Å². The van der Waals surface area contributed by atoms with E-state index in [9.17, 15) is 9.59 Å². The Kier molecular flexibility index (Phi) is 3.09. The molecule has 16 heavy (non-hydrogen) atoms. The number of thioether (sulfide) groups is 1. The van der Waals surface area contributed by atoms with Crippen LogP contribution in [0.1, 0.15) is 0 Å². The van der Waals surface area contributed by atoms with E-state index in [2.05, 4.69) is 0 Å². The van der Waals surface area contributed by atoms with Gasteiger partial charge < -0.3 is 20.5 Å². The van der Waals surface area contributed by atoms with Gasteiger partial charge in [0.1, 0.15) is 17.5 Å². The summed E-state index contributed by atoms with van der Waals surface area (Å²) in [6.45, 7) is 0.343. The van der Waals surface area contributed by atoms with Crippen molar-refractivity contribution in [3.05, 3.63) is 0 Å². The fourth-order valence-corrected chi connectivity index (χ4v) is 3.65. The molecule has 1 amide bonds. The van der Waals surface area contributed by atoms with Crippen LogP contribution in [0.2, 0.25) is 0 Å². The van der Waals surface area contributed by atoms with E-state index < -0.39 is 18.1 Å². The highest BCUT2D eigenvalue weighted by molar-refractivity contribution is 8.00. The molecule has 6 nitrogen and oxygen atoms in total. The predicted molar refractivity (Wildman–Crippen MR) is 57.9 cm³/mol. The summed E-state index contributed by atoms with van der Waals surface area (Å²) >= 11 is 1.53. The van der Waals surface area contributed by atoms with E-state index in [4.69, 9.17) is 15.6 Å². The monoisotopic (exact) mass is 246 g/mol. The number of aliphatic carboxylic acids is 1. The zero-order valence-corrected chi connectivity index (χ0v) is 9.64. The summed E-state index contributed by atoms with van der Waals surface area (Å²) in [5, 5.41) is 8.98. The number of carbonyl (C=O) groups excluding carboxylic acids is 1. The molecule has 2 heterocycles. The lowest BCUT2D eigenvalue weighted by atomic mass is 9.94. The van der Waals surface area contributed by atoms with Crippen molar-refractivity contribution in [1.82, 2.24) is 4.90 Å². The summed E-state index contributed by atoms with van der Waals surface area (Å²) in [6.07, 6.45) is 0. The molecule has 4 atom stereocenters. The van der Waals surface area contributed by atoms with Crippen molar-refractivity contribution in [3.63, 3.8) is 0 Å². The summed E-state index contributed by atoms with van der Waals surface area (Å²) in [5.74, 6) is -0.758. The molecule has 2 fully saturated rings. The first-order valence-electron chi connectivity index (χ1n) is 4.99. The maximum absolute atomic E-state index is 11.5. The van der Waals surface area contributed by atoms with E-state index in [1.54, 1.807) is 0 Å². The maximum atomic E-state index is 11.5. The van der Waals surface area contributed by atoms with Gasteiger partial charge in [-0.3, -0.25) is 4.79 Å². The third-order valence-electron chi connectivity index (χ3n) is 2.98. The van der Waals surface area contributed by atoms with Gasteiger partial charge in [0, 0.05) is 18.8 Å². The first-order valence-corrected chi connectivity index (χ1v) is 6.04. The van der Waals surface area contributed by atoms with Gasteiger partial charge in [0.05, 0.1) is 6.61 Å². The van der Waals surface area contributed by atoms with Crippen LogP contribution in [-0.2, 0) is 14.3 Å². The summed E-state index contributed by atoms with van der Waals surface area (Å²) < 4.78 is 4.99. The number of rotatable bonds is 3. The summed E-state index contributed by atoms with van der Waals surface area (Å²) in [5.41, 5.74) is 5.62. The number of amides is 1. The van der Waals surface area contributed by atoms with Crippen LogP contribution in [-0.4, -0.2) is 58.8 Å². The number of hydrogen-bond donors (Lipinski definition) is 2. The van der Waals surface area contributed by atoms with Crippen LogP contribution in [0.3, 0.4) is 0 Å². The molecule has 0 spiro atoms. The molecule has 4 unspecified atom stereocenters. The van der Waals surface area contributed by atoms with Gasteiger partial charge in [0.2, 0.25) is 5.91 Å². The number of β-lactam (4-membered cyclic amide) rings is 1. The van der Waals surface area contributed by atoms with Gasteiger partial charge in [-0.1, -0.05) is 0 Å². The number of ether oxygens (including phenoxy) is 1. The van der Waals surface area contributed by atoms with E-state index in [0.717, 1.165) is 0 Å². The minimum Gasteiger partial charge on any atom is -0.480 e. The SMILES string of the molecule is COCC1CSC2C(N)C(=O)N2C1C(=O)O. The third kappa shape index (κ3) is 1.59. The average Bonchev–Trinajstić information content (AvgIpc) is 2.27. The van der Waals surface area contributed by atoms with Crippen LogP contribution in [0.5, 0.6) is 0 Å². The molecule has 0 aromatic carbocycles. The van der Waals surface area contributed by atoms with Crippen molar-refractivity contribution < 1.29 is 19.4 Å². The topological polar surface area (TPSA) is 92.9 Å². The summed E-state index contributed by atoms with van der Waals surface area (Å²) in [6, 6.07) is -1.34. The van der Waals surface area contributed by atoms with Crippen molar-refractivity contribution in [2.24, 2.45) is 11.7 Å². The lowest BCUT2D eigenvalue weighted by Gasteiger charge is -2.53. The highest BCUT2D eigenvalue weighted by atomic mass is 32.2. The van der Waals surface area contributed by atoms with Gasteiger partial charge in [-0.05, 0) is 0 Å². The fourth-order valence-electron chi connectivity index (χ4n) is 2.20. The maximum Gasteiger partial charge on any atom is 0.326 e. The number of fused-ring (bicyclic) bond motifs is 1. The molecule has 0 bridgehead atoms.